The van der Waals surface area contributed by atoms with Gasteiger partial charge in [0, 0.05) is 10.5 Å². The van der Waals surface area contributed by atoms with Gasteiger partial charge in [-0.3, -0.25) is 20.2 Å². The molecule has 0 spiro atoms. The number of halogens is 7. The molecule has 1 aromatic rings. The minimum absolute atomic E-state index is 0.322. The maximum Gasteiger partial charge on any atom is 0.424 e. The maximum atomic E-state index is 12.8. The molecule has 116 valence electrons. The van der Waals surface area contributed by atoms with E-state index in [9.17, 15) is 46.6 Å². The summed E-state index contributed by atoms with van der Waals surface area (Å²) in [4.78, 5) is 17.7. The summed E-state index contributed by atoms with van der Waals surface area (Å²) in [6.45, 7) is 0. The first-order valence-corrected chi connectivity index (χ1v) is 5.37. The molecule has 1 aromatic carbocycles. The molecule has 21 heavy (non-hydrogen) atoms. The Morgan fingerprint density at radius 2 is 1.43 bits per heavy atom. The van der Waals surface area contributed by atoms with E-state index in [4.69, 9.17) is 0 Å². The Morgan fingerprint density at radius 1 is 0.952 bits per heavy atom. The van der Waals surface area contributed by atoms with Gasteiger partial charge < -0.3 is 0 Å². The second kappa shape index (κ2) is 5.13. The Bertz CT molecular complexity index is 627. The number of nitro groups is 2. The van der Waals surface area contributed by atoms with Crippen molar-refractivity contribution < 1.29 is 36.2 Å². The molecule has 0 aliphatic heterocycles. The average Bonchev–Trinajstić information content (AvgIpc) is 2.23. The predicted octanol–water partition coefficient (Wildman–Crippen LogP) is 4.30. The van der Waals surface area contributed by atoms with Gasteiger partial charge in [0.05, 0.1) is 15.4 Å². The van der Waals surface area contributed by atoms with Crippen LogP contribution in [0.2, 0.25) is 0 Å². The highest BCUT2D eigenvalue weighted by Crippen LogP contribution is 2.50. The molecular weight excluding hydrogens is 382 g/mol. The molecule has 0 bridgehead atoms. The summed E-state index contributed by atoms with van der Waals surface area (Å²) in [7, 11) is 0. The van der Waals surface area contributed by atoms with Gasteiger partial charge in [-0.15, -0.1) is 0 Å². The van der Waals surface area contributed by atoms with E-state index in [1.165, 1.54) is 0 Å². The first-order chi connectivity index (χ1) is 9.28. The van der Waals surface area contributed by atoms with E-state index in [2.05, 4.69) is 0 Å². The third kappa shape index (κ3) is 3.22. The van der Waals surface area contributed by atoms with Crippen LogP contribution in [0.1, 0.15) is 11.1 Å². The van der Waals surface area contributed by atoms with Crippen LogP contribution in [0.15, 0.2) is 10.5 Å². The van der Waals surface area contributed by atoms with Crippen molar-refractivity contribution in [3.05, 3.63) is 41.9 Å². The zero-order valence-electron chi connectivity index (χ0n) is 9.25. The third-order valence-corrected chi connectivity index (χ3v) is 3.01. The van der Waals surface area contributed by atoms with E-state index < -0.39 is 49.2 Å². The summed E-state index contributed by atoms with van der Waals surface area (Å²) in [5, 5.41) is 21.2. The standard InChI is InChI=1S/C8HBrF6N2O4/c9-5-2(7(10,11)12)1-3(16(18)19)6(17(20)21)4(5)8(13,14)15/h1H. The lowest BCUT2D eigenvalue weighted by Crippen LogP contribution is -2.16. The highest BCUT2D eigenvalue weighted by atomic mass is 79.9. The van der Waals surface area contributed by atoms with Crippen LogP contribution in [-0.2, 0) is 12.4 Å². The molecule has 0 amide bonds. The van der Waals surface area contributed by atoms with Gasteiger partial charge in [0.1, 0.15) is 0 Å². The number of hydrogen-bond acceptors (Lipinski definition) is 4. The van der Waals surface area contributed by atoms with Crippen molar-refractivity contribution in [2.75, 3.05) is 0 Å². The molecule has 0 heterocycles. The van der Waals surface area contributed by atoms with Gasteiger partial charge in [-0.2, -0.15) is 26.3 Å². The summed E-state index contributed by atoms with van der Waals surface area (Å²) in [5.74, 6) is 0. The van der Waals surface area contributed by atoms with Crippen LogP contribution < -0.4 is 0 Å². The van der Waals surface area contributed by atoms with Crippen molar-refractivity contribution in [1.82, 2.24) is 0 Å². The number of nitro benzene ring substituents is 2. The lowest BCUT2D eigenvalue weighted by molar-refractivity contribution is -0.424. The van der Waals surface area contributed by atoms with Crippen molar-refractivity contribution in [3.8, 4) is 0 Å². The lowest BCUT2D eigenvalue weighted by Gasteiger charge is -2.15. The minimum atomic E-state index is -5.60. The number of nitrogens with zero attached hydrogens (tertiary/aromatic N) is 2. The third-order valence-electron chi connectivity index (χ3n) is 2.18. The Labute approximate surface area is 118 Å². The molecule has 0 unspecified atom stereocenters. The van der Waals surface area contributed by atoms with Crippen molar-refractivity contribution in [2.45, 2.75) is 12.4 Å². The number of rotatable bonds is 2. The van der Waals surface area contributed by atoms with E-state index in [0.29, 0.717) is 0 Å². The summed E-state index contributed by atoms with van der Waals surface area (Å²) < 4.78 is 74.4. The Hall–Kier alpha value is -1.92. The summed E-state index contributed by atoms with van der Waals surface area (Å²) in [6, 6.07) is -0.322. The molecule has 0 saturated heterocycles. The van der Waals surface area contributed by atoms with Gasteiger partial charge in [0.25, 0.3) is 0 Å². The number of hydrogen-bond donors (Lipinski definition) is 0. The molecule has 0 atom stereocenters. The highest BCUT2D eigenvalue weighted by molar-refractivity contribution is 9.10. The monoisotopic (exact) mass is 382 g/mol. The molecule has 0 radical (unpaired) electrons. The Kier molecular flexibility index (Phi) is 4.18. The van der Waals surface area contributed by atoms with Crippen LogP contribution in [0, 0.1) is 20.2 Å². The highest BCUT2D eigenvalue weighted by Gasteiger charge is 2.50. The van der Waals surface area contributed by atoms with Gasteiger partial charge in [0.15, 0.2) is 5.56 Å². The lowest BCUT2D eigenvalue weighted by atomic mass is 10.1. The maximum absolute atomic E-state index is 12.8. The molecule has 1 rings (SSSR count). The van der Waals surface area contributed by atoms with Crippen LogP contribution in [0.5, 0.6) is 0 Å². The van der Waals surface area contributed by atoms with Gasteiger partial charge in [-0.05, 0) is 15.9 Å². The second-order valence-electron chi connectivity index (χ2n) is 3.49. The summed E-state index contributed by atoms with van der Waals surface area (Å²) in [6.07, 6.45) is -11.0. The largest absolute Gasteiger partial charge is 0.424 e. The van der Waals surface area contributed by atoms with Gasteiger partial charge in [0.2, 0.25) is 0 Å². The van der Waals surface area contributed by atoms with E-state index in [0.717, 1.165) is 0 Å². The van der Waals surface area contributed by atoms with Crippen LogP contribution in [0.25, 0.3) is 0 Å². The molecule has 0 aliphatic carbocycles. The summed E-state index contributed by atoms with van der Waals surface area (Å²) in [5.41, 5.74) is -8.36. The van der Waals surface area contributed by atoms with Crippen molar-refractivity contribution in [3.63, 3.8) is 0 Å². The van der Waals surface area contributed by atoms with Gasteiger partial charge >= 0.3 is 23.7 Å². The zero-order chi connectivity index (χ0) is 16.7. The fourth-order valence-electron chi connectivity index (χ4n) is 1.42. The first kappa shape index (κ1) is 17.1. The molecular formula is C8HBrF6N2O4. The SMILES string of the molecule is O=[N+]([O-])c1cc(C(F)(F)F)c(Br)c(C(F)(F)F)c1[N+](=O)[O-]. The van der Waals surface area contributed by atoms with Crippen LogP contribution in [-0.4, -0.2) is 9.85 Å². The average molecular weight is 383 g/mol. The van der Waals surface area contributed by atoms with E-state index in [1.54, 1.807) is 0 Å². The first-order valence-electron chi connectivity index (χ1n) is 4.58. The van der Waals surface area contributed by atoms with Crippen LogP contribution in [0.3, 0.4) is 0 Å². The van der Waals surface area contributed by atoms with Crippen molar-refractivity contribution >= 4 is 27.3 Å². The smallest absolute Gasteiger partial charge is 0.258 e. The van der Waals surface area contributed by atoms with Crippen LogP contribution >= 0.6 is 15.9 Å². The van der Waals surface area contributed by atoms with Gasteiger partial charge in [-0.1, -0.05) is 0 Å². The Morgan fingerprint density at radius 3 is 1.71 bits per heavy atom. The normalized spacial score (nSPS) is 12.3. The second-order valence-corrected chi connectivity index (χ2v) is 4.28. The predicted molar refractivity (Wildman–Crippen MR) is 57.5 cm³/mol. The van der Waals surface area contributed by atoms with Crippen molar-refractivity contribution in [1.29, 1.82) is 0 Å². The molecule has 0 aromatic heterocycles. The molecule has 0 aliphatic rings. The fraction of sp³-hybridized carbons (Fsp3) is 0.250. The number of alkyl halides is 6. The molecule has 0 fully saturated rings. The zero-order valence-corrected chi connectivity index (χ0v) is 10.8. The minimum Gasteiger partial charge on any atom is -0.258 e. The van der Waals surface area contributed by atoms with Crippen molar-refractivity contribution in [2.24, 2.45) is 0 Å². The Balaban J connectivity index is 4.02. The summed E-state index contributed by atoms with van der Waals surface area (Å²) >= 11 is 1.99. The van der Waals surface area contributed by atoms with Gasteiger partial charge in [-0.25, -0.2) is 0 Å². The molecule has 0 N–H and O–H groups in total. The van der Waals surface area contributed by atoms with E-state index in [1.807, 2.05) is 15.9 Å². The van der Waals surface area contributed by atoms with E-state index in [-0.39, 0.29) is 6.07 Å². The molecule has 6 nitrogen and oxygen atoms in total. The molecule has 0 saturated carbocycles. The fourth-order valence-corrected chi connectivity index (χ4v) is 2.18. The number of benzene rings is 1. The van der Waals surface area contributed by atoms with E-state index >= 15 is 0 Å². The van der Waals surface area contributed by atoms with Crippen LogP contribution in [0.4, 0.5) is 37.7 Å². The topological polar surface area (TPSA) is 86.3 Å². The quantitative estimate of drug-likeness (QED) is 0.433. The molecule has 13 heteroatoms.